The predicted molar refractivity (Wildman–Crippen MR) is 93.4 cm³/mol. The minimum absolute atomic E-state index is 0.115. The molecule has 0 unspecified atom stereocenters. The van der Waals surface area contributed by atoms with Gasteiger partial charge in [-0.25, -0.2) is 4.98 Å². The third-order valence-electron chi connectivity index (χ3n) is 4.12. The number of nitrogens with one attached hydrogen (secondary N) is 1. The van der Waals surface area contributed by atoms with Crippen LogP contribution in [0.5, 0.6) is 5.75 Å². The van der Waals surface area contributed by atoms with Crippen LogP contribution in [0, 0.1) is 0 Å². The maximum absolute atomic E-state index is 12.6. The first kappa shape index (κ1) is 15.8. The molecule has 122 valence electrons. The van der Waals surface area contributed by atoms with Gasteiger partial charge in [-0.3, -0.25) is 4.79 Å². The van der Waals surface area contributed by atoms with Crippen LogP contribution < -0.4 is 15.8 Å². The molecule has 0 bridgehead atoms. The lowest BCUT2D eigenvalue weighted by molar-refractivity contribution is 0.104. The SMILES string of the molecule is COc1cccc(C(=O)c2sc(NC3CCCCC3)nc2N)c1. The van der Waals surface area contributed by atoms with Crippen LogP contribution in [0.3, 0.4) is 0 Å². The number of hydrogen-bond acceptors (Lipinski definition) is 6. The summed E-state index contributed by atoms with van der Waals surface area (Å²) in [4.78, 5) is 17.5. The minimum Gasteiger partial charge on any atom is -0.497 e. The van der Waals surface area contributed by atoms with E-state index in [4.69, 9.17) is 10.5 Å². The molecule has 0 aliphatic heterocycles. The van der Waals surface area contributed by atoms with Crippen molar-refractivity contribution in [2.75, 3.05) is 18.2 Å². The lowest BCUT2D eigenvalue weighted by atomic mass is 9.96. The largest absolute Gasteiger partial charge is 0.497 e. The number of anilines is 2. The van der Waals surface area contributed by atoms with Gasteiger partial charge in [0.25, 0.3) is 0 Å². The van der Waals surface area contributed by atoms with Gasteiger partial charge in [0, 0.05) is 11.6 Å². The van der Waals surface area contributed by atoms with E-state index in [1.807, 2.05) is 6.07 Å². The van der Waals surface area contributed by atoms with Gasteiger partial charge in [-0.15, -0.1) is 0 Å². The number of ketones is 1. The molecule has 6 heteroatoms. The van der Waals surface area contributed by atoms with E-state index in [9.17, 15) is 4.79 Å². The zero-order valence-electron chi connectivity index (χ0n) is 13.2. The normalized spacial score (nSPS) is 15.3. The molecule has 23 heavy (non-hydrogen) atoms. The third-order valence-corrected chi connectivity index (χ3v) is 5.13. The van der Waals surface area contributed by atoms with Crippen LogP contribution in [-0.4, -0.2) is 23.9 Å². The Labute approximate surface area is 139 Å². The van der Waals surface area contributed by atoms with Gasteiger partial charge in [0.2, 0.25) is 5.78 Å². The predicted octanol–water partition coefficient (Wildman–Crippen LogP) is 3.71. The molecule has 0 saturated heterocycles. The van der Waals surface area contributed by atoms with Gasteiger partial charge in [0.1, 0.15) is 16.4 Å². The van der Waals surface area contributed by atoms with E-state index in [2.05, 4.69) is 10.3 Å². The maximum atomic E-state index is 12.6. The molecule has 1 fully saturated rings. The Balaban J connectivity index is 1.78. The van der Waals surface area contributed by atoms with E-state index < -0.39 is 0 Å². The third kappa shape index (κ3) is 3.64. The molecule has 0 amide bonds. The molecule has 0 atom stereocenters. The Morgan fingerprint density at radius 3 is 2.87 bits per heavy atom. The van der Waals surface area contributed by atoms with Crippen LogP contribution in [0.15, 0.2) is 24.3 Å². The first-order chi connectivity index (χ1) is 11.2. The summed E-state index contributed by atoms with van der Waals surface area (Å²) in [5, 5.41) is 4.16. The summed E-state index contributed by atoms with van der Waals surface area (Å²) in [6, 6.07) is 7.52. The van der Waals surface area contributed by atoms with E-state index in [-0.39, 0.29) is 5.78 Å². The highest BCUT2D eigenvalue weighted by Crippen LogP contribution is 2.30. The van der Waals surface area contributed by atoms with Crippen LogP contribution in [0.4, 0.5) is 10.9 Å². The zero-order valence-corrected chi connectivity index (χ0v) is 14.0. The van der Waals surface area contributed by atoms with Crippen molar-refractivity contribution in [1.29, 1.82) is 0 Å². The monoisotopic (exact) mass is 331 g/mol. The first-order valence-corrected chi connectivity index (χ1v) is 8.70. The van der Waals surface area contributed by atoms with Crippen molar-refractivity contribution >= 4 is 28.1 Å². The summed E-state index contributed by atoms with van der Waals surface area (Å²) >= 11 is 1.33. The fourth-order valence-electron chi connectivity index (χ4n) is 2.87. The average Bonchev–Trinajstić information content (AvgIpc) is 2.95. The Kier molecular flexibility index (Phi) is 4.81. The average molecular weight is 331 g/mol. The molecule has 3 rings (SSSR count). The van der Waals surface area contributed by atoms with E-state index in [1.54, 1.807) is 25.3 Å². The highest BCUT2D eigenvalue weighted by molar-refractivity contribution is 7.18. The van der Waals surface area contributed by atoms with Crippen molar-refractivity contribution in [3.8, 4) is 5.75 Å². The molecule has 1 aromatic carbocycles. The van der Waals surface area contributed by atoms with Gasteiger partial charge in [-0.05, 0) is 25.0 Å². The minimum atomic E-state index is -0.115. The van der Waals surface area contributed by atoms with Crippen molar-refractivity contribution in [3.63, 3.8) is 0 Å². The van der Waals surface area contributed by atoms with Crippen LogP contribution >= 0.6 is 11.3 Å². The van der Waals surface area contributed by atoms with E-state index >= 15 is 0 Å². The summed E-state index contributed by atoms with van der Waals surface area (Å²) in [6.45, 7) is 0. The Morgan fingerprint density at radius 1 is 1.35 bits per heavy atom. The van der Waals surface area contributed by atoms with Crippen molar-refractivity contribution in [2.45, 2.75) is 38.1 Å². The van der Waals surface area contributed by atoms with Gasteiger partial charge >= 0.3 is 0 Å². The number of nitrogens with two attached hydrogens (primary N) is 1. The van der Waals surface area contributed by atoms with Gasteiger partial charge in [-0.2, -0.15) is 0 Å². The standard InChI is InChI=1S/C17H21N3O2S/c1-22-13-9-5-6-11(10-13)14(21)15-16(18)20-17(23-15)19-12-7-3-2-4-8-12/h5-6,9-10,12H,2-4,7-8,18H2,1H3,(H,19,20). The maximum Gasteiger partial charge on any atom is 0.206 e. The Bertz CT molecular complexity index is 693. The van der Waals surface area contributed by atoms with Crippen LogP contribution in [0.2, 0.25) is 0 Å². The number of methoxy groups -OCH3 is 1. The Morgan fingerprint density at radius 2 is 2.13 bits per heavy atom. The van der Waals surface area contributed by atoms with Crippen molar-refractivity contribution in [1.82, 2.24) is 4.98 Å². The molecule has 2 aromatic rings. The number of ether oxygens (including phenoxy) is 1. The molecule has 1 aliphatic rings. The van der Waals surface area contributed by atoms with Crippen molar-refractivity contribution in [3.05, 3.63) is 34.7 Å². The summed E-state index contributed by atoms with van der Waals surface area (Å²) in [7, 11) is 1.58. The van der Waals surface area contributed by atoms with E-state index in [0.29, 0.717) is 28.0 Å². The molecule has 0 radical (unpaired) electrons. The molecule has 1 heterocycles. The number of aromatic nitrogens is 1. The molecular formula is C17H21N3O2S. The summed E-state index contributed by atoms with van der Waals surface area (Å²) in [5.74, 6) is 0.830. The quantitative estimate of drug-likeness (QED) is 0.817. The molecular weight excluding hydrogens is 310 g/mol. The second kappa shape index (κ2) is 7.00. The van der Waals surface area contributed by atoms with E-state index in [0.717, 1.165) is 18.0 Å². The second-order valence-corrected chi connectivity index (χ2v) is 6.77. The highest BCUT2D eigenvalue weighted by Gasteiger charge is 2.20. The van der Waals surface area contributed by atoms with Gasteiger partial charge < -0.3 is 15.8 Å². The number of hydrogen-bond donors (Lipinski definition) is 2. The van der Waals surface area contributed by atoms with Gasteiger partial charge in [0.15, 0.2) is 5.13 Å². The fourth-order valence-corrected chi connectivity index (χ4v) is 3.80. The van der Waals surface area contributed by atoms with Gasteiger partial charge in [-0.1, -0.05) is 42.7 Å². The first-order valence-electron chi connectivity index (χ1n) is 7.89. The smallest absolute Gasteiger partial charge is 0.206 e. The summed E-state index contributed by atoms with van der Waals surface area (Å²) in [6.07, 6.45) is 6.09. The molecule has 0 spiro atoms. The highest BCUT2D eigenvalue weighted by atomic mass is 32.1. The van der Waals surface area contributed by atoms with Crippen LogP contribution in [0.1, 0.15) is 47.3 Å². The van der Waals surface area contributed by atoms with Crippen LogP contribution in [-0.2, 0) is 0 Å². The van der Waals surface area contributed by atoms with E-state index in [1.165, 1.54) is 30.6 Å². The zero-order chi connectivity index (χ0) is 16.2. The number of benzene rings is 1. The molecule has 1 aromatic heterocycles. The lowest BCUT2D eigenvalue weighted by Crippen LogP contribution is -2.22. The van der Waals surface area contributed by atoms with Crippen molar-refractivity contribution < 1.29 is 9.53 Å². The lowest BCUT2D eigenvalue weighted by Gasteiger charge is -2.22. The molecule has 5 nitrogen and oxygen atoms in total. The summed E-state index contributed by atoms with van der Waals surface area (Å²) in [5.41, 5.74) is 6.52. The second-order valence-electron chi connectivity index (χ2n) is 5.77. The summed E-state index contributed by atoms with van der Waals surface area (Å²) < 4.78 is 5.17. The number of carbonyl (C=O) groups excluding carboxylic acids is 1. The molecule has 1 saturated carbocycles. The number of nitrogen functional groups attached to an aromatic ring is 1. The fraction of sp³-hybridized carbons (Fsp3) is 0.412. The molecule has 3 N–H and O–H groups in total. The molecule has 1 aliphatic carbocycles. The number of thiazole rings is 1. The van der Waals surface area contributed by atoms with Crippen LogP contribution in [0.25, 0.3) is 0 Å². The topological polar surface area (TPSA) is 77.2 Å². The van der Waals surface area contributed by atoms with Gasteiger partial charge in [0.05, 0.1) is 7.11 Å². The van der Waals surface area contributed by atoms with Crippen molar-refractivity contribution in [2.24, 2.45) is 0 Å². The number of carbonyl (C=O) groups is 1. The Hall–Kier alpha value is -2.08. The number of nitrogens with zero attached hydrogens (tertiary/aromatic N) is 1. The number of rotatable bonds is 5.